The van der Waals surface area contributed by atoms with Gasteiger partial charge >= 0.3 is 6.09 Å². The van der Waals surface area contributed by atoms with E-state index in [0.717, 1.165) is 87.0 Å². The lowest BCUT2D eigenvalue weighted by molar-refractivity contribution is -0.132. The zero-order valence-electron chi connectivity index (χ0n) is 37.4. The van der Waals surface area contributed by atoms with Crippen molar-refractivity contribution in [3.05, 3.63) is 65.9 Å². The number of nitrogens with zero attached hydrogens (tertiary/aromatic N) is 4. The summed E-state index contributed by atoms with van der Waals surface area (Å²) in [5, 5.41) is 14.5. The fourth-order valence-electron chi connectivity index (χ4n) is 7.53. The Hall–Kier alpha value is -6.00. The number of hydrogen-bond donors (Lipinski definition) is 5. The Kier molecular flexibility index (Phi) is 19.2. The number of aromatic amines is 2. The summed E-state index contributed by atoms with van der Waals surface area (Å²) in [7, 11) is 4.51. The van der Waals surface area contributed by atoms with Gasteiger partial charge in [0.1, 0.15) is 30.5 Å². The molecule has 16 nitrogen and oxygen atoms in total. The summed E-state index contributed by atoms with van der Waals surface area (Å²) in [6, 6.07) is 14.2. The topological polar surface area (TPSA) is 204 Å². The summed E-state index contributed by atoms with van der Waals surface area (Å²) >= 11 is 0. The standard InChI is InChI=1S/C36H36N8O6.2C3H8.2C2H6O/c1-49-36(48)39-17-32(47)43-10-2-4-28(43)34-38-15-27(41-34)21-6-8-23-22(12-21)18-50-30-14-24-20(13-25(23)30)7-9-26-33(24)42-35(40-26)29-5-3-11-44(29)31(46)16-37-19-45;3*1-3-2;1-2-3/h6-9,12-15,19,28-29H,2-5,10-11,16-18H2,1H3,(H,37,45)(H,38,41)(H,39,48)(H,40,42);2*3H2,1-2H3;1-2H3;3H,2H2,1H3. The minimum Gasteiger partial charge on any atom is -0.488 e. The molecule has 0 bridgehead atoms. The molecule has 2 aromatic heterocycles. The quantitative estimate of drug-likeness (QED) is 0.0994. The fraction of sp³-hybridized carbons (Fsp3) is 0.478. The average molecular weight is 857 g/mol. The first-order chi connectivity index (χ1) is 30.1. The van der Waals surface area contributed by atoms with Crippen LogP contribution in [0, 0.1) is 0 Å². The minimum atomic E-state index is -0.640. The van der Waals surface area contributed by atoms with E-state index in [1.807, 2.05) is 6.07 Å². The number of rotatable bonds is 8. The van der Waals surface area contributed by atoms with Gasteiger partial charge in [0.05, 0.1) is 48.7 Å². The molecule has 5 N–H and O–H groups in total. The maximum Gasteiger partial charge on any atom is 0.407 e. The highest BCUT2D eigenvalue weighted by Gasteiger charge is 2.33. The Balaban J connectivity index is 0.000000635. The molecule has 0 radical (unpaired) electrons. The van der Waals surface area contributed by atoms with Crippen molar-refractivity contribution in [1.82, 2.24) is 40.4 Å². The number of aliphatic hydroxyl groups excluding tert-OH is 1. The van der Waals surface area contributed by atoms with Gasteiger partial charge in [-0.05, 0) is 78.9 Å². The van der Waals surface area contributed by atoms with Gasteiger partial charge in [0.15, 0.2) is 0 Å². The molecule has 16 heteroatoms. The lowest BCUT2D eigenvalue weighted by Gasteiger charge is -2.23. The normalized spacial score (nSPS) is 15.8. The molecule has 0 aliphatic carbocycles. The molecule has 3 aliphatic rings. The molecule has 3 aliphatic heterocycles. The molecular formula is C46H64N8O8. The van der Waals surface area contributed by atoms with E-state index < -0.39 is 6.09 Å². The van der Waals surface area contributed by atoms with Crippen molar-refractivity contribution in [3.63, 3.8) is 0 Å². The first kappa shape index (κ1) is 48.7. The molecule has 2 fully saturated rings. The van der Waals surface area contributed by atoms with Crippen molar-refractivity contribution in [3.8, 4) is 28.1 Å². The van der Waals surface area contributed by atoms with Gasteiger partial charge in [-0.3, -0.25) is 14.4 Å². The number of aliphatic hydroxyl groups is 1. The SMILES string of the molecule is CCC.CCC.CCO.COC.COC(=O)NCC(=O)N1CCCC1c1ncc(-c2ccc3c(c2)COc2cc4c(ccc5[nH]c(C6CCCN6C(=O)CNC=O)nc54)cc2-3)[nH]1. The first-order valence-electron chi connectivity index (χ1n) is 21.4. The number of likely N-dealkylation sites (tertiary alicyclic amines) is 2. The number of ether oxygens (including phenoxy) is 3. The van der Waals surface area contributed by atoms with E-state index in [1.54, 1.807) is 37.1 Å². The molecule has 2 unspecified atom stereocenters. The van der Waals surface area contributed by atoms with Gasteiger partial charge in [-0.1, -0.05) is 58.7 Å². The highest BCUT2D eigenvalue weighted by Crippen LogP contribution is 2.43. The van der Waals surface area contributed by atoms with Gasteiger partial charge in [0.2, 0.25) is 18.2 Å². The molecule has 8 rings (SSSR count). The number of hydrogen-bond acceptors (Lipinski definition) is 10. The predicted molar refractivity (Wildman–Crippen MR) is 240 cm³/mol. The molecule has 5 heterocycles. The van der Waals surface area contributed by atoms with E-state index in [0.29, 0.717) is 31.9 Å². The second-order valence-electron chi connectivity index (χ2n) is 15.0. The number of imidazole rings is 2. The van der Waals surface area contributed by atoms with Gasteiger partial charge in [-0.25, -0.2) is 14.8 Å². The largest absolute Gasteiger partial charge is 0.488 e. The number of nitrogens with one attached hydrogen (secondary N) is 4. The van der Waals surface area contributed by atoms with Crippen LogP contribution in [0.25, 0.3) is 44.2 Å². The molecule has 0 spiro atoms. The van der Waals surface area contributed by atoms with E-state index in [9.17, 15) is 19.2 Å². The monoisotopic (exact) mass is 856 g/mol. The molecule has 62 heavy (non-hydrogen) atoms. The highest BCUT2D eigenvalue weighted by atomic mass is 16.5. The summed E-state index contributed by atoms with van der Waals surface area (Å²) in [6.45, 7) is 11.9. The van der Waals surface area contributed by atoms with Gasteiger partial charge < -0.3 is 49.7 Å². The van der Waals surface area contributed by atoms with Crippen molar-refractivity contribution in [2.24, 2.45) is 0 Å². The Morgan fingerprint density at radius 2 is 1.50 bits per heavy atom. The number of fused-ring (bicyclic) bond motifs is 6. The molecule has 336 valence electrons. The molecule has 5 aromatic rings. The second-order valence-corrected chi connectivity index (χ2v) is 15.0. The maximum atomic E-state index is 12.8. The zero-order valence-corrected chi connectivity index (χ0v) is 37.4. The van der Waals surface area contributed by atoms with Gasteiger partial charge in [0.25, 0.3) is 0 Å². The lowest BCUT2D eigenvalue weighted by Crippen LogP contribution is -2.40. The Labute approximate surface area is 364 Å². The highest BCUT2D eigenvalue weighted by molar-refractivity contribution is 6.07. The van der Waals surface area contributed by atoms with Crippen molar-refractivity contribution in [2.45, 2.75) is 91.8 Å². The van der Waals surface area contributed by atoms with Crippen molar-refractivity contribution < 1.29 is 38.5 Å². The third-order valence-electron chi connectivity index (χ3n) is 9.96. The van der Waals surface area contributed by atoms with Gasteiger partial charge in [0, 0.05) is 44.9 Å². The molecule has 0 saturated carbocycles. The number of benzene rings is 3. The van der Waals surface area contributed by atoms with Gasteiger partial charge in [-0.2, -0.15) is 0 Å². The number of carbonyl (C=O) groups excluding carboxylic acids is 4. The molecular weight excluding hydrogens is 793 g/mol. The fourth-order valence-corrected chi connectivity index (χ4v) is 7.53. The third-order valence-corrected chi connectivity index (χ3v) is 9.96. The van der Waals surface area contributed by atoms with Crippen molar-refractivity contribution >= 4 is 46.1 Å². The van der Waals surface area contributed by atoms with Crippen LogP contribution in [0.1, 0.15) is 102 Å². The van der Waals surface area contributed by atoms with Crippen LogP contribution in [0.2, 0.25) is 0 Å². The smallest absolute Gasteiger partial charge is 0.407 e. The summed E-state index contributed by atoms with van der Waals surface area (Å²) < 4.78 is 15.2. The number of methoxy groups -OCH3 is 2. The van der Waals surface area contributed by atoms with E-state index in [4.69, 9.17) is 14.8 Å². The summed E-state index contributed by atoms with van der Waals surface area (Å²) in [6.07, 6.45) is 7.50. The Morgan fingerprint density at radius 1 is 0.871 bits per heavy atom. The van der Waals surface area contributed by atoms with E-state index in [2.05, 4.69) is 99.2 Å². The van der Waals surface area contributed by atoms with Crippen LogP contribution in [-0.4, -0.2) is 113 Å². The van der Waals surface area contributed by atoms with E-state index in [1.165, 1.54) is 20.0 Å². The van der Waals surface area contributed by atoms with Crippen LogP contribution in [0.3, 0.4) is 0 Å². The van der Waals surface area contributed by atoms with Crippen LogP contribution in [0.5, 0.6) is 5.75 Å². The zero-order chi connectivity index (χ0) is 45.2. The second kappa shape index (κ2) is 24.4. The summed E-state index contributed by atoms with van der Waals surface area (Å²) in [4.78, 5) is 67.8. The van der Waals surface area contributed by atoms with Gasteiger partial charge in [-0.15, -0.1) is 0 Å². The van der Waals surface area contributed by atoms with E-state index >= 15 is 0 Å². The lowest BCUT2D eigenvalue weighted by atomic mass is 9.92. The maximum absolute atomic E-state index is 12.8. The van der Waals surface area contributed by atoms with Crippen LogP contribution >= 0.6 is 0 Å². The Bertz CT molecular complexity index is 2230. The van der Waals surface area contributed by atoms with Crippen molar-refractivity contribution in [2.75, 3.05) is 54.1 Å². The minimum absolute atomic E-state index is 0.0289. The number of H-pyrrole nitrogens is 2. The molecule has 4 amide bonds. The number of amides is 4. The number of aromatic nitrogens is 4. The molecule has 2 atom stereocenters. The third kappa shape index (κ3) is 11.9. The van der Waals surface area contributed by atoms with Crippen molar-refractivity contribution in [1.29, 1.82) is 0 Å². The average Bonchev–Trinajstić information content (AvgIpc) is 4.11. The number of carbonyl (C=O) groups is 4. The van der Waals surface area contributed by atoms with Crippen LogP contribution in [0.4, 0.5) is 4.79 Å². The summed E-state index contributed by atoms with van der Waals surface area (Å²) in [5.41, 5.74) is 6.67. The summed E-state index contributed by atoms with van der Waals surface area (Å²) in [5.74, 6) is 1.93. The van der Waals surface area contributed by atoms with Crippen LogP contribution < -0.4 is 15.4 Å². The van der Waals surface area contributed by atoms with E-state index in [-0.39, 0.29) is 43.6 Å². The molecule has 3 aromatic carbocycles. The van der Waals surface area contributed by atoms with Crippen LogP contribution in [-0.2, 0) is 30.5 Å². The Morgan fingerprint density at radius 3 is 2.13 bits per heavy atom. The number of alkyl carbamates (subject to hydrolysis) is 1. The first-order valence-corrected chi connectivity index (χ1v) is 21.4. The van der Waals surface area contributed by atoms with Crippen LogP contribution in [0.15, 0.2) is 48.7 Å². The predicted octanol–water partition coefficient (Wildman–Crippen LogP) is 7.19. The molecule has 2 saturated heterocycles.